The van der Waals surface area contributed by atoms with Crippen LogP contribution in [0.2, 0.25) is 0 Å². The summed E-state index contributed by atoms with van der Waals surface area (Å²) in [4.78, 5) is 25.0. The van der Waals surface area contributed by atoms with E-state index in [-0.39, 0.29) is 11.4 Å². The monoisotopic (exact) mass is 204 g/mol. The van der Waals surface area contributed by atoms with E-state index < -0.39 is 5.97 Å². The number of nitrogens with zero attached hydrogens (tertiary/aromatic N) is 1. The van der Waals surface area contributed by atoms with Gasteiger partial charge in [-0.25, -0.2) is 9.78 Å². The molecule has 2 N–H and O–H groups in total. The Morgan fingerprint density at radius 2 is 2.40 bits per heavy atom. The van der Waals surface area contributed by atoms with Crippen molar-refractivity contribution in [2.24, 2.45) is 0 Å². The van der Waals surface area contributed by atoms with Gasteiger partial charge in [-0.05, 0) is 12.0 Å². The number of rotatable bonds is 1. The van der Waals surface area contributed by atoms with E-state index in [0.29, 0.717) is 11.8 Å². The maximum Gasteiger partial charge on any atom is 0.341 e. The highest BCUT2D eigenvalue weighted by Gasteiger charge is 2.10. The number of hydrogen-bond donors (Lipinski definition) is 1. The van der Waals surface area contributed by atoms with Gasteiger partial charge in [-0.2, -0.15) is 0 Å². The first-order chi connectivity index (χ1) is 7.19. The van der Waals surface area contributed by atoms with Gasteiger partial charge in [-0.1, -0.05) is 5.92 Å². The van der Waals surface area contributed by atoms with E-state index in [9.17, 15) is 9.59 Å². The number of pyridine rings is 1. The Morgan fingerprint density at radius 3 is 3.00 bits per heavy atom. The third kappa shape index (κ3) is 2.54. The van der Waals surface area contributed by atoms with Crippen molar-refractivity contribution in [3.63, 3.8) is 0 Å². The summed E-state index contributed by atoms with van der Waals surface area (Å²) >= 11 is 0. The molecule has 0 saturated heterocycles. The second kappa shape index (κ2) is 4.77. The highest BCUT2D eigenvalue weighted by molar-refractivity contribution is 5.94. The van der Waals surface area contributed by atoms with Gasteiger partial charge in [0.15, 0.2) is 6.29 Å². The maximum absolute atomic E-state index is 11.2. The summed E-state index contributed by atoms with van der Waals surface area (Å²) in [5.41, 5.74) is 6.03. The van der Waals surface area contributed by atoms with Crippen molar-refractivity contribution in [1.82, 2.24) is 4.98 Å². The molecule has 0 spiro atoms. The molecule has 1 aromatic heterocycles. The molecule has 5 nitrogen and oxygen atoms in total. The molecule has 1 aromatic rings. The Hall–Kier alpha value is -2.35. The lowest BCUT2D eigenvalue weighted by Crippen LogP contribution is -2.07. The average molecular weight is 204 g/mol. The largest absolute Gasteiger partial charge is 0.465 e. The van der Waals surface area contributed by atoms with Crippen molar-refractivity contribution in [3.05, 3.63) is 23.4 Å². The molecule has 0 aliphatic heterocycles. The molecule has 0 amide bonds. The van der Waals surface area contributed by atoms with Crippen LogP contribution in [0.5, 0.6) is 0 Å². The van der Waals surface area contributed by atoms with Gasteiger partial charge >= 0.3 is 5.97 Å². The van der Waals surface area contributed by atoms with Gasteiger partial charge in [0, 0.05) is 11.8 Å². The predicted octanol–water partition coefficient (Wildman–Crippen LogP) is 0.000800. The van der Waals surface area contributed by atoms with Crippen molar-refractivity contribution >= 4 is 18.1 Å². The minimum atomic E-state index is -0.588. The van der Waals surface area contributed by atoms with Gasteiger partial charge in [0.05, 0.1) is 7.11 Å². The first kappa shape index (κ1) is 10.7. The number of methoxy groups -OCH3 is 1. The quantitative estimate of drug-likeness (QED) is 0.395. The summed E-state index contributed by atoms with van der Waals surface area (Å²) < 4.78 is 4.50. The van der Waals surface area contributed by atoms with Crippen molar-refractivity contribution in [2.45, 2.75) is 0 Å². The van der Waals surface area contributed by atoms with Crippen LogP contribution in [-0.4, -0.2) is 24.3 Å². The average Bonchev–Trinajstić information content (AvgIpc) is 2.27. The predicted molar refractivity (Wildman–Crippen MR) is 52.9 cm³/mol. The Morgan fingerprint density at radius 1 is 1.67 bits per heavy atom. The molecule has 5 heteroatoms. The van der Waals surface area contributed by atoms with Crippen LogP contribution < -0.4 is 5.73 Å². The van der Waals surface area contributed by atoms with E-state index in [1.807, 2.05) is 0 Å². The lowest BCUT2D eigenvalue weighted by atomic mass is 10.2. The van der Waals surface area contributed by atoms with Crippen LogP contribution in [0, 0.1) is 11.8 Å². The zero-order valence-corrected chi connectivity index (χ0v) is 7.98. The van der Waals surface area contributed by atoms with Crippen LogP contribution in [0.25, 0.3) is 0 Å². The molecular formula is C10H8N2O3. The fraction of sp³-hybridized carbons (Fsp3) is 0.100. The standard InChI is InChI=1S/C10H8N2O3/c1-15-10(14)8-5-7(3-2-4-13)6-12-9(8)11/h4-6H,1H3,(H2,11,12). The Bertz CT molecular complexity index is 457. The van der Waals surface area contributed by atoms with Crippen LogP contribution in [-0.2, 0) is 9.53 Å². The van der Waals surface area contributed by atoms with E-state index in [0.717, 1.165) is 0 Å². The number of anilines is 1. The Kier molecular flexibility index (Phi) is 3.41. The number of aromatic nitrogens is 1. The molecule has 0 aliphatic rings. The molecule has 0 bridgehead atoms. The molecule has 0 atom stereocenters. The van der Waals surface area contributed by atoms with Gasteiger partial charge in [-0.15, -0.1) is 0 Å². The van der Waals surface area contributed by atoms with Crippen LogP contribution in [0.1, 0.15) is 15.9 Å². The van der Waals surface area contributed by atoms with E-state index in [4.69, 9.17) is 5.73 Å². The number of nitrogen functional groups attached to an aromatic ring is 1. The molecular weight excluding hydrogens is 196 g/mol. The van der Waals surface area contributed by atoms with Crippen LogP contribution in [0.15, 0.2) is 12.3 Å². The van der Waals surface area contributed by atoms with Gasteiger partial charge in [0.2, 0.25) is 0 Å². The topological polar surface area (TPSA) is 82.3 Å². The third-order valence-electron chi connectivity index (χ3n) is 1.60. The van der Waals surface area contributed by atoms with Gasteiger partial charge in [0.25, 0.3) is 0 Å². The lowest BCUT2D eigenvalue weighted by Gasteiger charge is -2.02. The van der Waals surface area contributed by atoms with Crippen molar-refractivity contribution in [2.75, 3.05) is 12.8 Å². The van der Waals surface area contributed by atoms with Crippen molar-refractivity contribution in [3.8, 4) is 11.8 Å². The highest BCUT2D eigenvalue weighted by Crippen LogP contribution is 2.11. The zero-order valence-electron chi connectivity index (χ0n) is 7.98. The summed E-state index contributed by atoms with van der Waals surface area (Å²) in [6, 6.07) is 1.42. The van der Waals surface area contributed by atoms with Crippen LogP contribution in [0.4, 0.5) is 5.82 Å². The number of carbonyl (C=O) groups excluding carboxylic acids is 2. The fourth-order valence-electron chi connectivity index (χ4n) is 0.930. The minimum Gasteiger partial charge on any atom is -0.465 e. The Labute approximate surface area is 86.3 Å². The molecule has 0 aliphatic carbocycles. The number of nitrogens with two attached hydrogens (primary N) is 1. The van der Waals surface area contributed by atoms with E-state index in [1.165, 1.54) is 19.4 Å². The number of ether oxygens (including phenoxy) is 1. The molecule has 15 heavy (non-hydrogen) atoms. The molecule has 0 saturated carbocycles. The molecule has 1 heterocycles. The number of aldehydes is 1. The fourth-order valence-corrected chi connectivity index (χ4v) is 0.930. The molecule has 76 valence electrons. The highest BCUT2D eigenvalue weighted by atomic mass is 16.5. The molecule has 0 fully saturated rings. The van der Waals surface area contributed by atoms with Gasteiger partial charge in [0.1, 0.15) is 11.4 Å². The molecule has 0 aromatic carbocycles. The van der Waals surface area contributed by atoms with E-state index in [2.05, 4.69) is 21.6 Å². The first-order valence-electron chi connectivity index (χ1n) is 3.98. The third-order valence-corrected chi connectivity index (χ3v) is 1.60. The SMILES string of the molecule is COC(=O)c1cc(C#CC=O)cnc1N. The number of carbonyl (C=O) groups is 2. The smallest absolute Gasteiger partial charge is 0.341 e. The lowest BCUT2D eigenvalue weighted by molar-refractivity contribution is -0.103. The van der Waals surface area contributed by atoms with Crippen molar-refractivity contribution in [1.29, 1.82) is 0 Å². The molecule has 1 rings (SSSR count). The molecule has 0 unspecified atom stereocenters. The summed E-state index contributed by atoms with van der Waals surface area (Å²) in [5, 5.41) is 0. The summed E-state index contributed by atoms with van der Waals surface area (Å²) in [6.45, 7) is 0. The maximum atomic E-state index is 11.2. The van der Waals surface area contributed by atoms with E-state index in [1.54, 1.807) is 0 Å². The summed E-state index contributed by atoms with van der Waals surface area (Å²) in [6.07, 6.45) is 1.83. The molecule has 0 radical (unpaired) electrons. The van der Waals surface area contributed by atoms with Gasteiger partial charge < -0.3 is 10.5 Å². The minimum absolute atomic E-state index is 0.0681. The summed E-state index contributed by atoms with van der Waals surface area (Å²) in [7, 11) is 1.24. The summed E-state index contributed by atoms with van der Waals surface area (Å²) in [5.74, 6) is 4.18. The number of hydrogen-bond acceptors (Lipinski definition) is 5. The van der Waals surface area contributed by atoms with E-state index >= 15 is 0 Å². The first-order valence-corrected chi connectivity index (χ1v) is 3.98. The number of esters is 1. The normalized spacial score (nSPS) is 8.60. The van der Waals surface area contributed by atoms with Crippen LogP contribution in [0.3, 0.4) is 0 Å². The van der Waals surface area contributed by atoms with Crippen LogP contribution >= 0.6 is 0 Å². The second-order valence-corrected chi connectivity index (χ2v) is 2.54. The van der Waals surface area contributed by atoms with Gasteiger partial charge in [-0.3, -0.25) is 4.79 Å². The Balaban J connectivity index is 3.16. The zero-order chi connectivity index (χ0) is 11.3. The van der Waals surface area contributed by atoms with Crippen molar-refractivity contribution < 1.29 is 14.3 Å². The second-order valence-electron chi connectivity index (χ2n) is 2.54.